The quantitative estimate of drug-likeness (QED) is 0.528. The maximum absolute atomic E-state index is 12.0. The fourth-order valence-corrected chi connectivity index (χ4v) is 4.28. The largest absolute Gasteiger partial charge is 0.393 e. The van der Waals surface area contributed by atoms with Gasteiger partial charge < -0.3 is 9.47 Å². The number of fused-ring (bicyclic) bond motifs is 3. The number of carbonyl (C=O) groups is 4. The van der Waals surface area contributed by atoms with Gasteiger partial charge in [-0.2, -0.15) is 0 Å². The Morgan fingerprint density at radius 1 is 0.909 bits per heavy atom. The van der Waals surface area contributed by atoms with Crippen LogP contribution in [0.4, 0.5) is 0 Å². The van der Waals surface area contributed by atoms with E-state index in [2.05, 4.69) is 4.74 Å². The highest BCUT2D eigenvalue weighted by Gasteiger charge is 2.56. The average molecular weight is 302 g/mol. The lowest BCUT2D eigenvalue weighted by Crippen LogP contribution is -2.40. The molecule has 4 rings (SSSR count). The van der Waals surface area contributed by atoms with Gasteiger partial charge in [0.2, 0.25) is 0 Å². The molecule has 5 atom stereocenters. The summed E-state index contributed by atoms with van der Waals surface area (Å²) in [7, 11) is 0. The third-order valence-corrected chi connectivity index (χ3v) is 5.23. The summed E-state index contributed by atoms with van der Waals surface area (Å²) in [6.45, 7) is 0. The zero-order chi connectivity index (χ0) is 15.4. The van der Waals surface area contributed by atoms with E-state index in [1.807, 2.05) is 18.2 Å². The van der Waals surface area contributed by atoms with Crippen molar-refractivity contribution in [2.24, 2.45) is 29.6 Å². The molecule has 3 fully saturated rings. The van der Waals surface area contributed by atoms with Gasteiger partial charge in [-0.1, -0.05) is 23.8 Å². The van der Waals surface area contributed by atoms with E-state index in [1.165, 1.54) is 0 Å². The number of rotatable bonds is 1. The normalized spacial score (nSPS) is 40.0. The first-order valence-corrected chi connectivity index (χ1v) is 7.43. The molecule has 0 N–H and O–H groups in total. The molecule has 1 saturated carbocycles. The zero-order valence-electron chi connectivity index (χ0n) is 11.7. The molecule has 2 heterocycles. The van der Waals surface area contributed by atoms with Crippen molar-refractivity contribution >= 4 is 23.9 Å². The van der Waals surface area contributed by atoms with Gasteiger partial charge in [0.15, 0.2) is 0 Å². The molecule has 0 spiro atoms. The Bertz CT molecular complexity index is 658. The molecule has 6 heteroatoms. The van der Waals surface area contributed by atoms with E-state index in [4.69, 9.17) is 4.74 Å². The average Bonchev–Trinajstić information content (AvgIpc) is 2.97. The molecule has 114 valence electrons. The lowest BCUT2D eigenvalue weighted by Gasteiger charge is -2.40. The maximum atomic E-state index is 12.0. The molecule has 0 aromatic carbocycles. The van der Waals surface area contributed by atoms with Crippen molar-refractivity contribution in [1.29, 1.82) is 0 Å². The highest BCUT2D eigenvalue weighted by Crippen LogP contribution is 2.52. The van der Waals surface area contributed by atoms with Crippen LogP contribution in [0.2, 0.25) is 0 Å². The van der Waals surface area contributed by atoms with Crippen LogP contribution in [0.5, 0.6) is 0 Å². The van der Waals surface area contributed by atoms with Crippen molar-refractivity contribution in [1.82, 2.24) is 0 Å². The van der Waals surface area contributed by atoms with E-state index in [0.29, 0.717) is 12.8 Å². The minimum absolute atomic E-state index is 0.0202. The van der Waals surface area contributed by atoms with Crippen LogP contribution in [0.3, 0.4) is 0 Å². The Hall–Kier alpha value is -2.24. The van der Waals surface area contributed by atoms with E-state index < -0.39 is 41.6 Å². The van der Waals surface area contributed by atoms with Gasteiger partial charge in [0.1, 0.15) is 0 Å². The summed E-state index contributed by atoms with van der Waals surface area (Å²) in [6.07, 6.45) is 6.82. The molecular formula is C16H14O6. The molecule has 0 amide bonds. The number of hydrogen-bond acceptors (Lipinski definition) is 6. The Balaban J connectivity index is 1.72. The first kappa shape index (κ1) is 13.4. The Morgan fingerprint density at radius 3 is 2.41 bits per heavy atom. The monoisotopic (exact) mass is 302 g/mol. The lowest BCUT2D eigenvalue weighted by atomic mass is 9.60. The predicted molar refractivity (Wildman–Crippen MR) is 70.7 cm³/mol. The van der Waals surface area contributed by atoms with Crippen LogP contribution in [0.1, 0.15) is 19.3 Å². The third kappa shape index (κ3) is 1.79. The molecule has 0 radical (unpaired) electrons. The number of cyclic esters (lactones) is 4. The minimum Gasteiger partial charge on any atom is -0.393 e. The fraction of sp³-hybridized carbons (Fsp3) is 0.500. The molecule has 2 aliphatic heterocycles. The lowest BCUT2D eigenvalue weighted by molar-refractivity contribution is -0.156. The number of esters is 4. The number of hydrogen-bond donors (Lipinski definition) is 0. The van der Waals surface area contributed by atoms with E-state index in [9.17, 15) is 19.2 Å². The van der Waals surface area contributed by atoms with Crippen molar-refractivity contribution in [2.75, 3.05) is 0 Å². The number of ether oxygens (including phenoxy) is 2. The first-order chi connectivity index (χ1) is 10.6. The summed E-state index contributed by atoms with van der Waals surface area (Å²) >= 11 is 0. The molecule has 22 heavy (non-hydrogen) atoms. The summed E-state index contributed by atoms with van der Waals surface area (Å²) in [4.78, 5) is 47.2. The summed E-state index contributed by atoms with van der Waals surface area (Å²) in [5.74, 6) is -3.85. The van der Waals surface area contributed by atoms with E-state index in [1.54, 1.807) is 0 Å². The molecule has 0 aromatic rings. The highest BCUT2D eigenvalue weighted by atomic mass is 16.6. The first-order valence-electron chi connectivity index (χ1n) is 7.43. The van der Waals surface area contributed by atoms with Gasteiger partial charge in [-0.15, -0.1) is 0 Å². The van der Waals surface area contributed by atoms with Crippen LogP contribution in [0.25, 0.3) is 0 Å². The van der Waals surface area contributed by atoms with Crippen molar-refractivity contribution in [2.45, 2.75) is 19.3 Å². The van der Waals surface area contributed by atoms with Gasteiger partial charge in [-0.05, 0) is 24.7 Å². The Kier molecular flexibility index (Phi) is 2.82. The van der Waals surface area contributed by atoms with Crippen LogP contribution in [-0.2, 0) is 28.7 Å². The molecule has 5 unspecified atom stereocenters. The van der Waals surface area contributed by atoms with Gasteiger partial charge in [0.25, 0.3) is 0 Å². The van der Waals surface area contributed by atoms with E-state index >= 15 is 0 Å². The second kappa shape index (κ2) is 4.63. The van der Waals surface area contributed by atoms with Crippen molar-refractivity contribution in [3.63, 3.8) is 0 Å². The predicted octanol–water partition coefficient (Wildman–Crippen LogP) is 0.914. The van der Waals surface area contributed by atoms with Crippen molar-refractivity contribution in [3.05, 3.63) is 23.8 Å². The van der Waals surface area contributed by atoms with Gasteiger partial charge in [0, 0.05) is 0 Å². The second-order valence-corrected chi connectivity index (χ2v) is 6.26. The van der Waals surface area contributed by atoms with Crippen LogP contribution in [0, 0.1) is 29.6 Å². The summed E-state index contributed by atoms with van der Waals surface area (Å²) in [6, 6.07) is 0. The molecule has 2 aliphatic carbocycles. The molecular weight excluding hydrogens is 288 g/mol. The smallest absolute Gasteiger partial charge is 0.321 e. The Morgan fingerprint density at radius 2 is 1.68 bits per heavy atom. The fourth-order valence-electron chi connectivity index (χ4n) is 4.28. The SMILES string of the molecule is O=C1CC(C2CC3C(=O)OC(=O)C3C3=CC=CCC32)C(=O)O1. The molecule has 2 saturated heterocycles. The zero-order valence-corrected chi connectivity index (χ0v) is 11.7. The Labute approximate surface area is 126 Å². The van der Waals surface area contributed by atoms with E-state index in [0.717, 1.165) is 5.57 Å². The standard InChI is InChI=1S/C16H14O6/c17-12-6-10(14(18)21-12)9-5-11-13(16(20)22-15(11)19)8-4-2-1-3-7(8)9/h1-2,4,7,9-11,13H,3,5-6H2. The van der Waals surface area contributed by atoms with E-state index in [-0.39, 0.29) is 18.3 Å². The van der Waals surface area contributed by atoms with Gasteiger partial charge >= 0.3 is 23.9 Å². The van der Waals surface area contributed by atoms with Crippen LogP contribution < -0.4 is 0 Å². The van der Waals surface area contributed by atoms with Crippen molar-refractivity contribution in [3.8, 4) is 0 Å². The van der Waals surface area contributed by atoms with Crippen LogP contribution in [-0.4, -0.2) is 23.9 Å². The third-order valence-electron chi connectivity index (χ3n) is 5.23. The van der Waals surface area contributed by atoms with Gasteiger partial charge in [0.05, 0.1) is 24.2 Å². The second-order valence-electron chi connectivity index (χ2n) is 6.26. The molecule has 6 nitrogen and oxygen atoms in total. The van der Waals surface area contributed by atoms with Crippen molar-refractivity contribution < 1.29 is 28.7 Å². The molecule has 0 aromatic heterocycles. The molecule has 0 bridgehead atoms. The summed E-state index contributed by atoms with van der Waals surface area (Å²) in [5, 5.41) is 0. The summed E-state index contributed by atoms with van der Waals surface area (Å²) in [5.41, 5.74) is 0.853. The maximum Gasteiger partial charge on any atom is 0.321 e. The van der Waals surface area contributed by atoms with Gasteiger partial charge in [-0.25, -0.2) is 0 Å². The number of carbonyl (C=O) groups excluding carboxylic acids is 4. The van der Waals surface area contributed by atoms with Crippen LogP contribution >= 0.6 is 0 Å². The van der Waals surface area contributed by atoms with Crippen LogP contribution in [0.15, 0.2) is 23.8 Å². The highest BCUT2D eigenvalue weighted by molar-refractivity contribution is 5.99. The minimum atomic E-state index is -0.546. The number of allylic oxidation sites excluding steroid dienone is 3. The molecule has 4 aliphatic rings. The summed E-state index contributed by atoms with van der Waals surface area (Å²) < 4.78 is 9.46. The topological polar surface area (TPSA) is 86.7 Å². The van der Waals surface area contributed by atoms with Gasteiger partial charge in [-0.3, -0.25) is 19.2 Å².